The highest BCUT2D eigenvalue weighted by Crippen LogP contribution is 2.23. The number of benzene rings is 2. The number of carbonyl (C=O) groups excluding carboxylic acids is 1. The molecule has 0 saturated heterocycles. The molecule has 1 N–H and O–H groups in total. The number of carbonyl (C=O) groups is 1. The van der Waals surface area contributed by atoms with E-state index in [2.05, 4.69) is 21.2 Å². The third kappa shape index (κ3) is 4.60. The van der Waals surface area contributed by atoms with Gasteiger partial charge in [0.15, 0.2) is 0 Å². The quantitative estimate of drug-likeness (QED) is 0.881. The van der Waals surface area contributed by atoms with Gasteiger partial charge in [-0.1, -0.05) is 30.3 Å². The predicted molar refractivity (Wildman–Crippen MR) is 87.5 cm³/mol. The van der Waals surface area contributed by atoms with Crippen molar-refractivity contribution < 1.29 is 9.53 Å². The number of amides is 1. The molecule has 3 nitrogen and oxygen atoms in total. The highest BCUT2D eigenvalue weighted by Gasteiger charge is 2.12. The van der Waals surface area contributed by atoms with Gasteiger partial charge in [-0.05, 0) is 53.5 Å². The van der Waals surface area contributed by atoms with Gasteiger partial charge in [-0.25, -0.2) is 0 Å². The van der Waals surface area contributed by atoms with Crippen molar-refractivity contribution in [1.82, 2.24) is 5.32 Å². The second-order valence-electron chi connectivity index (χ2n) is 5.04. The van der Waals surface area contributed by atoms with E-state index in [4.69, 9.17) is 4.74 Å². The van der Waals surface area contributed by atoms with Crippen LogP contribution in [0.25, 0.3) is 0 Å². The van der Waals surface area contributed by atoms with Gasteiger partial charge in [0.2, 0.25) is 0 Å². The number of hydrogen-bond donors (Lipinski definition) is 1. The Labute approximate surface area is 133 Å². The molecule has 2 aromatic rings. The maximum Gasteiger partial charge on any atom is 0.252 e. The second-order valence-corrected chi connectivity index (χ2v) is 5.90. The highest BCUT2D eigenvalue weighted by atomic mass is 79.9. The van der Waals surface area contributed by atoms with E-state index in [0.29, 0.717) is 17.9 Å². The Morgan fingerprint density at radius 2 is 1.90 bits per heavy atom. The Bertz CT molecular complexity index is 611. The van der Waals surface area contributed by atoms with Gasteiger partial charge in [0, 0.05) is 10.5 Å². The van der Waals surface area contributed by atoms with Gasteiger partial charge < -0.3 is 10.1 Å². The van der Waals surface area contributed by atoms with E-state index in [1.165, 1.54) is 0 Å². The van der Waals surface area contributed by atoms with Crippen molar-refractivity contribution in [1.29, 1.82) is 0 Å². The lowest BCUT2D eigenvalue weighted by Gasteiger charge is -2.12. The van der Waals surface area contributed by atoms with Crippen LogP contribution in [0.15, 0.2) is 53.0 Å². The fourth-order valence-corrected chi connectivity index (χ4v) is 2.28. The van der Waals surface area contributed by atoms with E-state index >= 15 is 0 Å². The largest absolute Gasteiger partial charge is 0.489 e. The summed E-state index contributed by atoms with van der Waals surface area (Å²) >= 11 is 3.40. The Hall–Kier alpha value is -1.81. The molecule has 0 aromatic heterocycles. The minimum absolute atomic E-state index is 0.0956. The Kier molecular flexibility index (Phi) is 5.39. The van der Waals surface area contributed by atoms with E-state index < -0.39 is 0 Å². The van der Waals surface area contributed by atoms with Crippen LogP contribution in [0.5, 0.6) is 5.75 Å². The zero-order valence-corrected chi connectivity index (χ0v) is 13.7. The number of halogens is 1. The van der Waals surface area contributed by atoms with Crippen molar-refractivity contribution in [3.63, 3.8) is 0 Å². The summed E-state index contributed by atoms with van der Waals surface area (Å²) in [5.74, 6) is 0.568. The number of hydrogen-bond acceptors (Lipinski definition) is 2. The molecule has 0 fully saturated rings. The molecule has 0 atom stereocenters. The molecular formula is C17H18BrNO2. The molecule has 0 unspecified atom stereocenters. The zero-order chi connectivity index (χ0) is 15.2. The van der Waals surface area contributed by atoms with Crippen LogP contribution in [-0.4, -0.2) is 11.9 Å². The summed E-state index contributed by atoms with van der Waals surface area (Å²) in [7, 11) is 0. The molecular weight excluding hydrogens is 330 g/mol. The smallest absolute Gasteiger partial charge is 0.252 e. The molecule has 0 heterocycles. The van der Waals surface area contributed by atoms with E-state index in [9.17, 15) is 4.79 Å². The van der Waals surface area contributed by atoms with E-state index in [0.717, 1.165) is 10.0 Å². The molecule has 0 radical (unpaired) electrons. The summed E-state index contributed by atoms with van der Waals surface area (Å²) in [6, 6.07) is 15.5. The molecule has 0 saturated carbocycles. The van der Waals surface area contributed by atoms with Gasteiger partial charge >= 0.3 is 0 Å². The van der Waals surface area contributed by atoms with Gasteiger partial charge in [-0.15, -0.1) is 0 Å². The van der Waals surface area contributed by atoms with Gasteiger partial charge in [-0.2, -0.15) is 0 Å². The van der Waals surface area contributed by atoms with Crippen LogP contribution in [0.1, 0.15) is 29.8 Å². The second kappa shape index (κ2) is 7.27. The van der Waals surface area contributed by atoms with Crippen molar-refractivity contribution in [2.45, 2.75) is 26.5 Å². The van der Waals surface area contributed by atoms with Crippen molar-refractivity contribution >= 4 is 21.8 Å². The fraction of sp³-hybridized carbons (Fsp3) is 0.235. The maximum absolute atomic E-state index is 12.1. The molecule has 0 bridgehead atoms. The molecule has 0 aliphatic carbocycles. The first kappa shape index (κ1) is 15.6. The standard InChI is InChI=1S/C17H18BrNO2/c1-12(2)19-17(20)15-10-14(8-9-16(15)18)21-11-13-6-4-3-5-7-13/h3-10,12H,11H2,1-2H3,(H,19,20). The summed E-state index contributed by atoms with van der Waals surface area (Å²) < 4.78 is 6.50. The molecule has 4 heteroatoms. The van der Waals surface area contributed by atoms with Crippen LogP contribution >= 0.6 is 15.9 Å². The van der Waals surface area contributed by atoms with Crippen LogP contribution < -0.4 is 10.1 Å². The summed E-state index contributed by atoms with van der Waals surface area (Å²) in [4.78, 5) is 12.1. The zero-order valence-electron chi connectivity index (χ0n) is 12.1. The first-order valence-electron chi connectivity index (χ1n) is 6.83. The average Bonchev–Trinajstić information content (AvgIpc) is 2.46. The van der Waals surface area contributed by atoms with Gasteiger partial charge in [0.05, 0.1) is 5.56 Å². The lowest BCUT2D eigenvalue weighted by Crippen LogP contribution is -2.30. The predicted octanol–water partition coefficient (Wildman–Crippen LogP) is 4.17. The summed E-state index contributed by atoms with van der Waals surface area (Å²) in [6.45, 7) is 4.34. The summed E-state index contributed by atoms with van der Waals surface area (Å²) in [5, 5.41) is 2.88. The number of rotatable bonds is 5. The topological polar surface area (TPSA) is 38.3 Å². The molecule has 0 spiro atoms. The van der Waals surface area contributed by atoms with E-state index in [1.54, 1.807) is 6.07 Å². The molecule has 110 valence electrons. The van der Waals surface area contributed by atoms with E-state index in [1.807, 2.05) is 56.3 Å². The minimum Gasteiger partial charge on any atom is -0.489 e. The summed E-state index contributed by atoms with van der Waals surface area (Å²) in [5.41, 5.74) is 1.67. The number of ether oxygens (including phenoxy) is 1. The van der Waals surface area contributed by atoms with Gasteiger partial charge in [0.1, 0.15) is 12.4 Å². The Morgan fingerprint density at radius 1 is 1.19 bits per heavy atom. The molecule has 2 aromatic carbocycles. The van der Waals surface area contributed by atoms with Crippen LogP contribution in [0.2, 0.25) is 0 Å². The van der Waals surface area contributed by atoms with Gasteiger partial charge in [-0.3, -0.25) is 4.79 Å². The summed E-state index contributed by atoms with van der Waals surface area (Å²) in [6.07, 6.45) is 0. The first-order chi connectivity index (χ1) is 10.1. The minimum atomic E-state index is -0.109. The molecule has 0 aliphatic rings. The molecule has 0 aliphatic heterocycles. The lowest BCUT2D eigenvalue weighted by molar-refractivity contribution is 0.0942. The maximum atomic E-state index is 12.1. The lowest BCUT2D eigenvalue weighted by atomic mass is 10.2. The van der Waals surface area contributed by atoms with Crippen LogP contribution in [-0.2, 0) is 6.61 Å². The fourth-order valence-electron chi connectivity index (χ4n) is 1.85. The van der Waals surface area contributed by atoms with Crippen LogP contribution in [0.4, 0.5) is 0 Å². The average molecular weight is 348 g/mol. The molecule has 1 amide bonds. The van der Waals surface area contributed by atoms with Crippen molar-refractivity contribution in [3.05, 3.63) is 64.1 Å². The first-order valence-corrected chi connectivity index (χ1v) is 7.62. The van der Waals surface area contributed by atoms with Crippen molar-refractivity contribution in [2.24, 2.45) is 0 Å². The molecule has 21 heavy (non-hydrogen) atoms. The Morgan fingerprint density at radius 3 is 2.57 bits per heavy atom. The SMILES string of the molecule is CC(C)NC(=O)c1cc(OCc2ccccc2)ccc1Br. The third-order valence-electron chi connectivity index (χ3n) is 2.85. The Balaban J connectivity index is 2.09. The van der Waals surface area contributed by atoms with Gasteiger partial charge in [0.25, 0.3) is 5.91 Å². The normalized spacial score (nSPS) is 10.5. The van der Waals surface area contributed by atoms with Crippen molar-refractivity contribution in [3.8, 4) is 5.75 Å². The van der Waals surface area contributed by atoms with Crippen LogP contribution in [0.3, 0.4) is 0 Å². The highest BCUT2D eigenvalue weighted by molar-refractivity contribution is 9.10. The van der Waals surface area contributed by atoms with Crippen molar-refractivity contribution in [2.75, 3.05) is 0 Å². The van der Waals surface area contributed by atoms with Crippen LogP contribution in [0, 0.1) is 0 Å². The number of nitrogens with one attached hydrogen (secondary N) is 1. The molecule has 2 rings (SSSR count). The monoisotopic (exact) mass is 347 g/mol. The third-order valence-corrected chi connectivity index (χ3v) is 3.54. The van der Waals surface area contributed by atoms with E-state index in [-0.39, 0.29) is 11.9 Å².